The summed E-state index contributed by atoms with van der Waals surface area (Å²) in [4.78, 5) is 46.4. The van der Waals surface area contributed by atoms with E-state index in [-0.39, 0.29) is 35.4 Å². The molecule has 5 aromatic rings. The molecule has 0 aliphatic carbocycles. The third kappa shape index (κ3) is 3.59. The van der Waals surface area contributed by atoms with Crippen LogP contribution >= 0.6 is 11.6 Å². The third-order valence-electron chi connectivity index (χ3n) is 8.04. The van der Waals surface area contributed by atoms with Crippen LogP contribution in [-0.4, -0.2) is 16.7 Å². The SMILES string of the molecule is Cc1ccccc1CN1C(=O)C2(c3ccccc31)c1c(oc3ccc(Cl)cc3c1=O)C(=O)N2Cc1ccc(F)cc1. The molecule has 0 fully saturated rings. The fourth-order valence-corrected chi connectivity index (χ4v) is 6.24. The van der Waals surface area contributed by atoms with Crippen molar-refractivity contribution < 1.29 is 18.4 Å². The molecular weight excluding hydrogens is 543 g/mol. The van der Waals surface area contributed by atoms with Gasteiger partial charge in [0, 0.05) is 17.1 Å². The lowest BCUT2D eigenvalue weighted by atomic mass is 9.83. The molecule has 2 aliphatic heterocycles. The molecule has 0 bridgehead atoms. The van der Waals surface area contributed by atoms with E-state index in [2.05, 4.69) is 0 Å². The Morgan fingerprint density at radius 1 is 0.878 bits per heavy atom. The Labute approximate surface area is 239 Å². The second kappa shape index (κ2) is 9.14. The van der Waals surface area contributed by atoms with Crippen LogP contribution in [0.4, 0.5) is 10.1 Å². The molecule has 0 N–H and O–H groups in total. The van der Waals surface area contributed by atoms with Crippen LogP contribution in [0, 0.1) is 12.7 Å². The summed E-state index contributed by atoms with van der Waals surface area (Å²) in [5, 5.41) is 0.500. The molecule has 202 valence electrons. The molecule has 41 heavy (non-hydrogen) atoms. The number of nitrogens with zero attached hydrogens (tertiary/aromatic N) is 2. The van der Waals surface area contributed by atoms with E-state index in [1.807, 2.05) is 43.3 Å². The van der Waals surface area contributed by atoms with Gasteiger partial charge in [-0.3, -0.25) is 14.4 Å². The maximum absolute atomic E-state index is 14.9. The van der Waals surface area contributed by atoms with E-state index < -0.39 is 28.6 Å². The Morgan fingerprint density at radius 2 is 1.61 bits per heavy atom. The van der Waals surface area contributed by atoms with Crippen molar-refractivity contribution in [1.82, 2.24) is 4.90 Å². The van der Waals surface area contributed by atoms with Gasteiger partial charge in [-0.25, -0.2) is 4.39 Å². The van der Waals surface area contributed by atoms with Crippen LogP contribution in [0.25, 0.3) is 11.0 Å². The first-order chi connectivity index (χ1) is 19.8. The number of aryl methyl sites for hydroxylation is 1. The van der Waals surface area contributed by atoms with Gasteiger partial charge < -0.3 is 14.2 Å². The summed E-state index contributed by atoms with van der Waals surface area (Å²) < 4.78 is 19.9. The number of carbonyl (C=O) groups is 2. The standard InChI is InChI=1S/C33H22ClFN2O4/c1-19-6-2-3-7-21(19)18-36-26-9-5-4-8-25(26)33(32(36)40)28-29(38)24-16-22(34)12-15-27(24)41-30(28)31(39)37(33)17-20-10-13-23(35)14-11-20/h2-16H,17-18H2,1H3. The average molecular weight is 565 g/mol. The summed E-state index contributed by atoms with van der Waals surface area (Å²) in [6.07, 6.45) is 0. The van der Waals surface area contributed by atoms with Crippen molar-refractivity contribution >= 4 is 40.1 Å². The van der Waals surface area contributed by atoms with Gasteiger partial charge in [0.2, 0.25) is 5.76 Å². The van der Waals surface area contributed by atoms with Gasteiger partial charge in [0.1, 0.15) is 11.4 Å². The number of anilines is 1. The zero-order valence-electron chi connectivity index (χ0n) is 21.9. The van der Waals surface area contributed by atoms with Crippen molar-refractivity contribution in [2.24, 2.45) is 0 Å². The molecule has 3 heterocycles. The molecule has 1 spiro atoms. The minimum absolute atomic E-state index is 0.0379. The van der Waals surface area contributed by atoms with Crippen molar-refractivity contribution in [2.75, 3.05) is 4.90 Å². The van der Waals surface area contributed by atoms with Crippen molar-refractivity contribution in [1.29, 1.82) is 0 Å². The van der Waals surface area contributed by atoms with Gasteiger partial charge in [0.25, 0.3) is 11.8 Å². The van der Waals surface area contributed by atoms with Crippen molar-refractivity contribution in [3.8, 4) is 0 Å². The first-order valence-corrected chi connectivity index (χ1v) is 13.5. The Balaban J connectivity index is 1.52. The molecule has 2 aliphatic rings. The largest absolute Gasteiger partial charge is 0.450 e. The van der Waals surface area contributed by atoms with Gasteiger partial charge >= 0.3 is 0 Å². The number of halogens is 2. The number of rotatable bonds is 4. The predicted molar refractivity (Wildman–Crippen MR) is 153 cm³/mol. The van der Waals surface area contributed by atoms with E-state index in [1.165, 1.54) is 29.2 Å². The van der Waals surface area contributed by atoms with Gasteiger partial charge in [-0.1, -0.05) is 66.2 Å². The summed E-state index contributed by atoms with van der Waals surface area (Å²) >= 11 is 6.24. The van der Waals surface area contributed by atoms with Gasteiger partial charge in [-0.05, 0) is 60.0 Å². The van der Waals surface area contributed by atoms with Crippen LogP contribution in [0.5, 0.6) is 0 Å². The number of fused-ring (bicyclic) bond motifs is 5. The quantitative estimate of drug-likeness (QED) is 0.255. The van der Waals surface area contributed by atoms with Crippen molar-refractivity contribution in [3.05, 3.63) is 146 Å². The highest BCUT2D eigenvalue weighted by atomic mass is 35.5. The average Bonchev–Trinajstić information content (AvgIpc) is 3.36. The smallest absolute Gasteiger partial charge is 0.291 e. The van der Waals surface area contributed by atoms with Crippen LogP contribution in [0.2, 0.25) is 5.02 Å². The van der Waals surface area contributed by atoms with E-state index in [1.54, 1.807) is 35.2 Å². The molecule has 6 nitrogen and oxygen atoms in total. The monoisotopic (exact) mass is 564 g/mol. The molecular formula is C33H22ClFN2O4. The van der Waals surface area contributed by atoms with E-state index in [4.69, 9.17) is 16.0 Å². The van der Waals surface area contributed by atoms with Crippen LogP contribution in [-0.2, 0) is 23.4 Å². The van der Waals surface area contributed by atoms with Gasteiger partial charge in [0.15, 0.2) is 11.0 Å². The highest BCUT2D eigenvalue weighted by Crippen LogP contribution is 2.53. The molecule has 0 radical (unpaired) electrons. The molecule has 7 rings (SSSR count). The Hall–Kier alpha value is -4.75. The van der Waals surface area contributed by atoms with E-state index in [0.29, 0.717) is 21.8 Å². The third-order valence-corrected chi connectivity index (χ3v) is 8.28. The van der Waals surface area contributed by atoms with Crippen LogP contribution in [0.3, 0.4) is 0 Å². The van der Waals surface area contributed by atoms with Crippen molar-refractivity contribution in [2.45, 2.75) is 25.6 Å². The number of para-hydroxylation sites is 1. The molecule has 0 saturated carbocycles. The van der Waals surface area contributed by atoms with Crippen molar-refractivity contribution in [3.63, 3.8) is 0 Å². The molecule has 1 aromatic heterocycles. The fraction of sp³-hybridized carbons (Fsp3) is 0.121. The topological polar surface area (TPSA) is 70.8 Å². The summed E-state index contributed by atoms with van der Waals surface area (Å²) in [7, 11) is 0. The van der Waals surface area contributed by atoms with Gasteiger partial charge in [0.05, 0.1) is 23.2 Å². The number of benzene rings is 4. The number of amides is 2. The van der Waals surface area contributed by atoms with E-state index in [9.17, 15) is 18.8 Å². The highest BCUT2D eigenvalue weighted by molar-refractivity contribution is 6.31. The van der Waals surface area contributed by atoms with Crippen LogP contribution < -0.4 is 10.3 Å². The highest BCUT2D eigenvalue weighted by Gasteiger charge is 2.65. The molecule has 0 saturated heterocycles. The lowest BCUT2D eigenvalue weighted by Gasteiger charge is -2.34. The summed E-state index contributed by atoms with van der Waals surface area (Å²) in [5.41, 5.74) is 1.48. The number of carbonyl (C=O) groups excluding carboxylic acids is 2. The minimum atomic E-state index is -1.79. The second-order valence-corrected chi connectivity index (χ2v) is 10.8. The fourth-order valence-electron chi connectivity index (χ4n) is 6.07. The number of hydrogen-bond donors (Lipinski definition) is 0. The lowest BCUT2D eigenvalue weighted by Crippen LogP contribution is -2.53. The Bertz CT molecular complexity index is 1970. The molecule has 8 heteroatoms. The zero-order chi connectivity index (χ0) is 28.5. The van der Waals surface area contributed by atoms with Crippen LogP contribution in [0.1, 0.15) is 38.4 Å². The summed E-state index contributed by atoms with van der Waals surface area (Å²) in [6.45, 7) is 2.15. The molecule has 2 amide bonds. The first kappa shape index (κ1) is 25.2. The van der Waals surface area contributed by atoms with E-state index >= 15 is 0 Å². The number of hydrogen-bond acceptors (Lipinski definition) is 4. The second-order valence-electron chi connectivity index (χ2n) is 10.3. The van der Waals surface area contributed by atoms with Crippen LogP contribution in [0.15, 0.2) is 100 Å². The Kier molecular flexibility index (Phi) is 5.63. The maximum atomic E-state index is 14.9. The normalized spacial score (nSPS) is 17.5. The minimum Gasteiger partial charge on any atom is -0.450 e. The van der Waals surface area contributed by atoms with E-state index in [0.717, 1.165) is 11.1 Å². The molecule has 1 unspecified atom stereocenters. The Morgan fingerprint density at radius 3 is 2.39 bits per heavy atom. The molecule has 1 atom stereocenters. The predicted octanol–water partition coefficient (Wildman–Crippen LogP) is 6.34. The van der Waals surface area contributed by atoms with Gasteiger partial charge in [-0.15, -0.1) is 0 Å². The lowest BCUT2D eigenvalue weighted by molar-refractivity contribution is -0.126. The zero-order valence-corrected chi connectivity index (χ0v) is 22.6. The summed E-state index contributed by atoms with van der Waals surface area (Å²) in [6, 6.07) is 25.2. The molecule has 4 aromatic carbocycles. The first-order valence-electron chi connectivity index (χ1n) is 13.1. The maximum Gasteiger partial charge on any atom is 0.291 e. The van der Waals surface area contributed by atoms with Gasteiger partial charge in [-0.2, -0.15) is 0 Å². The summed E-state index contributed by atoms with van der Waals surface area (Å²) in [5.74, 6) is -1.65.